The van der Waals surface area contributed by atoms with Gasteiger partial charge in [-0.1, -0.05) is 0 Å². The van der Waals surface area contributed by atoms with Crippen molar-refractivity contribution < 1.29 is 9.47 Å². The predicted octanol–water partition coefficient (Wildman–Crippen LogP) is 3.26. The van der Waals surface area contributed by atoms with Crippen LogP contribution in [0.5, 0.6) is 5.75 Å². The van der Waals surface area contributed by atoms with Crippen LogP contribution in [0.1, 0.15) is 24.9 Å². The molecule has 0 spiro atoms. The number of aromatic nitrogens is 1. The van der Waals surface area contributed by atoms with Crippen LogP contribution in [0.25, 0.3) is 11.3 Å². The molecule has 4 nitrogen and oxygen atoms in total. The van der Waals surface area contributed by atoms with Crippen LogP contribution in [0.2, 0.25) is 0 Å². The number of hydrogen-bond donors (Lipinski definition) is 1. The number of morpholine rings is 1. The van der Waals surface area contributed by atoms with E-state index in [1.54, 1.807) is 11.3 Å². The van der Waals surface area contributed by atoms with Crippen molar-refractivity contribution in [3.05, 3.63) is 34.7 Å². The molecule has 0 amide bonds. The smallest absolute Gasteiger partial charge is 0.119 e. The van der Waals surface area contributed by atoms with Gasteiger partial charge in [0, 0.05) is 17.5 Å². The normalized spacial score (nSPS) is 18.9. The average molecular weight is 304 g/mol. The van der Waals surface area contributed by atoms with Gasteiger partial charge in [0.1, 0.15) is 10.8 Å². The first kappa shape index (κ1) is 14.5. The fourth-order valence-electron chi connectivity index (χ4n) is 2.28. The summed E-state index contributed by atoms with van der Waals surface area (Å²) in [7, 11) is 0. The van der Waals surface area contributed by atoms with Gasteiger partial charge in [-0.3, -0.25) is 0 Å². The molecule has 1 fully saturated rings. The second-order valence-corrected chi connectivity index (χ2v) is 6.23. The number of hydrogen-bond acceptors (Lipinski definition) is 5. The van der Waals surface area contributed by atoms with E-state index in [-0.39, 0.29) is 12.1 Å². The van der Waals surface area contributed by atoms with Gasteiger partial charge >= 0.3 is 0 Å². The molecule has 1 N–H and O–H groups in total. The van der Waals surface area contributed by atoms with Crippen LogP contribution < -0.4 is 10.1 Å². The van der Waals surface area contributed by atoms with Crippen molar-refractivity contribution in [3.63, 3.8) is 0 Å². The van der Waals surface area contributed by atoms with E-state index in [1.165, 1.54) is 0 Å². The summed E-state index contributed by atoms with van der Waals surface area (Å²) in [4.78, 5) is 4.73. The minimum Gasteiger partial charge on any atom is -0.491 e. The van der Waals surface area contributed by atoms with E-state index < -0.39 is 0 Å². The molecule has 1 saturated heterocycles. The molecule has 1 atom stereocenters. The molecule has 1 aromatic carbocycles. The quantitative estimate of drug-likeness (QED) is 0.941. The Labute approximate surface area is 129 Å². The Morgan fingerprint density at radius 3 is 2.81 bits per heavy atom. The van der Waals surface area contributed by atoms with Gasteiger partial charge in [0.2, 0.25) is 0 Å². The van der Waals surface area contributed by atoms with Crippen LogP contribution >= 0.6 is 11.3 Å². The highest BCUT2D eigenvalue weighted by Gasteiger charge is 2.18. The zero-order chi connectivity index (χ0) is 14.7. The summed E-state index contributed by atoms with van der Waals surface area (Å²) in [5.41, 5.74) is 2.13. The minimum atomic E-state index is 0.194. The molecule has 0 bridgehead atoms. The minimum absolute atomic E-state index is 0.194. The molecule has 112 valence electrons. The van der Waals surface area contributed by atoms with Gasteiger partial charge in [-0.05, 0) is 38.1 Å². The van der Waals surface area contributed by atoms with E-state index in [1.807, 2.05) is 26.0 Å². The van der Waals surface area contributed by atoms with Crippen molar-refractivity contribution in [2.75, 3.05) is 19.8 Å². The van der Waals surface area contributed by atoms with Crippen LogP contribution in [-0.4, -0.2) is 30.8 Å². The van der Waals surface area contributed by atoms with Crippen molar-refractivity contribution in [3.8, 4) is 17.0 Å². The largest absolute Gasteiger partial charge is 0.491 e. The van der Waals surface area contributed by atoms with E-state index in [0.29, 0.717) is 6.61 Å². The summed E-state index contributed by atoms with van der Waals surface area (Å²) in [6.45, 7) is 6.43. The molecule has 1 aromatic heterocycles. The highest BCUT2D eigenvalue weighted by Crippen LogP contribution is 2.27. The molecule has 0 aliphatic carbocycles. The van der Waals surface area contributed by atoms with Crippen LogP contribution in [-0.2, 0) is 4.74 Å². The molecular formula is C16H20N2O2S. The maximum absolute atomic E-state index is 5.66. The fraction of sp³-hybridized carbons (Fsp3) is 0.438. The molecule has 21 heavy (non-hydrogen) atoms. The van der Waals surface area contributed by atoms with Crippen molar-refractivity contribution in [1.82, 2.24) is 10.3 Å². The fourth-order valence-corrected chi connectivity index (χ4v) is 3.17. The van der Waals surface area contributed by atoms with E-state index >= 15 is 0 Å². The number of ether oxygens (including phenoxy) is 2. The van der Waals surface area contributed by atoms with Crippen LogP contribution in [0, 0.1) is 0 Å². The summed E-state index contributed by atoms with van der Waals surface area (Å²) in [6.07, 6.45) is 0.194. The summed E-state index contributed by atoms with van der Waals surface area (Å²) in [6, 6.07) is 8.33. The molecule has 1 aliphatic heterocycles. The summed E-state index contributed by atoms with van der Waals surface area (Å²) in [5.74, 6) is 0.895. The summed E-state index contributed by atoms with van der Waals surface area (Å²) in [5, 5.41) is 6.62. The summed E-state index contributed by atoms with van der Waals surface area (Å²) >= 11 is 1.68. The topological polar surface area (TPSA) is 43.4 Å². The predicted molar refractivity (Wildman–Crippen MR) is 84.9 cm³/mol. The van der Waals surface area contributed by atoms with Gasteiger partial charge in [-0.2, -0.15) is 0 Å². The maximum Gasteiger partial charge on any atom is 0.119 e. The van der Waals surface area contributed by atoms with Gasteiger partial charge < -0.3 is 14.8 Å². The Morgan fingerprint density at radius 1 is 1.33 bits per heavy atom. The Hall–Kier alpha value is -1.43. The van der Waals surface area contributed by atoms with Gasteiger partial charge in [0.05, 0.1) is 31.1 Å². The lowest BCUT2D eigenvalue weighted by atomic mass is 10.1. The molecule has 1 unspecified atom stereocenters. The third-order valence-electron chi connectivity index (χ3n) is 3.26. The highest BCUT2D eigenvalue weighted by atomic mass is 32.1. The maximum atomic E-state index is 5.66. The van der Waals surface area contributed by atoms with E-state index in [0.717, 1.165) is 35.2 Å². The van der Waals surface area contributed by atoms with E-state index in [2.05, 4.69) is 22.8 Å². The summed E-state index contributed by atoms with van der Waals surface area (Å²) < 4.78 is 11.2. The number of rotatable bonds is 4. The van der Waals surface area contributed by atoms with Crippen molar-refractivity contribution >= 4 is 11.3 Å². The lowest BCUT2D eigenvalue weighted by Gasteiger charge is -2.21. The third-order valence-corrected chi connectivity index (χ3v) is 4.22. The van der Waals surface area contributed by atoms with Crippen molar-refractivity contribution in [2.45, 2.75) is 26.0 Å². The van der Waals surface area contributed by atoms with E-state index in [4.69, 9.17) is 14.5 Å². The first-order valence-corrected chi connectivity index (χ1v) is 8.14. The highest BCUT2D eigenvalue weighted by molar-refractivity contribution is 7.10. The van der Waals surface area contributed by atoms with Gasteiger partial charge in [0.25, 0.3) is 0 Å². The zero-order valence-corrected chi connectivity index (χ0v) is 13.2. The number of nitrogens with one attached hydrogen (secondary N) is 1. The second kappa shape index (κ2) is 6.56. The Morgan fingerprint density at radius 2 is 2.14 bits per heavy atom. The second-order valence-electron chi connectivity index (χ2n) is 5.34. The number of thiazole rings is 1. The number of nitrogens with zero attached hydrogens (tertiary/aromatic N) is 1. The Bertz CT molecular complexity index is 574. The zero-order valence-electron chi connectivity index (χ0n) is 12.3. The lowest BCUT2D eigenvalue weighted by molar-refractivity contribution is 0.0768. The van der Waals surface area contributed by atoms with E-state index in [9.17, 15) is 0 Å². The van der Waals surface area contributed by atoms with Crippen molar-refractivity contribution in [1.29, 1.82) is 0 Å². The molecule has 3 rings (SSSR count). The molecule has 5 heteroatoms. The van der Waals surface area contributed by atoms with Gasteiger partial charge in [-0.25, -0.2) is 4.98 Å². The van der Waals surface area contributed by atoms with Crippen LogP contribution in [0.15, 0.2) is 29.6 Å². The SMILES string of the molecule is CC(C)Oc1ccc(-c2csc(C3COCCN3)n2)cc1. The lowest BCUT2D eigenvalue weighted by Crippen LogP contribution is -2.34. The molecule has 0 saturated carbocycles. The average Bonchev–Trinajstić information content (AvgIpc) is 2.98. The first-order chi connectivity index (χ1) is 10.2. The van der Waals surface area contributed by atoms with Crippen molar-refractivity contribution in [2.24, 2.45) is 0 Å². The van der Waals surface area contributed by atoms with Gasteiger partial charge in [-0.15, -0.1) is 11.3 Å². The molecule has 2 heterocycles. The Kier molecular flexibility index (Phi) is 4.53. The standard InChI is InChI=1S/C16H20N2O2S/c1-11(2)20-13-5-3-12(4-6-13)15-10-21-16(18-15)14-9-19-8-7-17-14/h3-6,10-11,14,17H,7-9H2,1-2H3. The third kappa shape index (κ3) is 3.61. The van der Waals surface area contributed by atoms with Gasteiger partial charge in [0.15, 0.2) is 0 Å². The molecule has 2 aromatic rings. The van der Waals surface area contributed by atoms with Crippen LogP contribution in [0.4, 0.5) is 0 Å². The monoisotopic (exact) mass is 304 g/mol. The molecule has 1 aliphatic rings. The first-order valence-electron chi connectivity index (χ1n) is 7.26. The molecule has 0 radical (unpaired) electrons. The Balaban J connectivity index is 1.73. The number of benzene rings is 1. The van der Waals surface area contributed by atoms with Crippen LogP contribution in [0.3, 0.4) is 0 Å². The molecular weight excluding hydrogens is 284 g/mol.